The quantitative estimate of drug-likeness (QED) is 0.659. The maximum atomic E-state index is 14.5. The highest BCUT2D eigenvalue weighted by Gasteiger charge is 2.24. The molecule has 1 aromatic carbocycles. The Morgan fingerprint density at radius 2 is 2.00 bits per heavy atom. The van der Waals surface area contributed by atoms with Crippen molar-refractivity contribution in [2.45, 2.75) is 32.7 Å². The van der Waals surface area contributed by atoms with E-state index in [9.17, 15) is 9.18 Å². The van der Waals surface area contributed by atoms with E-state index in [2.05, 4.69) is 15.0 Å². The Bertz CT molecular complexity index is 1080. The molecular formula is C21H24FN5O2. The number of nitrogens with zero attached hydrogens (tertiary/aromatic N) is 5. The number of rotatable bonds is 5. The standard InChI is InChI=1S/C21H24FN5O2/c1-3-17-19(22)20(24-12-23-17)26-8-6-14(7-9-26)11-27-13-25-18-10-15(29-2)4-5-16(18)21(27)28/h4-5,10,12-14H,3,6-9,11H2,1-2H3. The van der Waals surface area contributed by atoms with Gasteiger partial charge in [0.1, 0.15) is 12.1 Å². The predicted octanol–water partition coefficient (Wildman–Crippen LogP) is 2.81. The summed E-state index contributed by atoms with van der Waals surface area (Å²) in [5.74, 6) is 1.07. The number of aromatic nitrogens is 4. The summed E-state index contributed by atoms with van der Waals surface area (Å²) < 4.78 is 21.4. The molecule has 29 heavy (non-hydrogen) atoms. The number of halogens is 1. The van der Waals surface area contributed by atoms with Crippen molar-refractivity contribution in [1.82, 2.24) is 19.5 Å². The second kappa shape index (κ2) is 8.14. The minimum atomic E-state index is -0.321. The molecule has 0 amide bonds. The van der Waals surface area contributed by atoms with Gasteiger partial charge in [-0.2, -0.15) is 0 Å². The lowest BCUT2D eigenvalue weighted by atomic mass is 9.96. The molecule has 1 aliphatic rings. The van der Waals surface area contributed by atoms with Crippen LogP contribution in [0, 0.1) is 11.7 Å². The van der Waals surface area contributed by atoms with E-state index in [1.165, 1.54) is 6.33 Å². The van der Waals surface area contributed by atoms with Crippen LogP contribution in [0.1, 0.15) is 25.5 Å². The average molecular weight is 397 g/mol. The van der Waals surface area contributed by atoms with Gasteiger partial charge < -0.3 is 9.64 Å². The monoisotopic (exact) mass is 397 g/mol. The molecule has 0 aliphatic carbocycles. The van der Waals surface area contributed by atoms with Gasteiger partial charge in [-0.05, 0) is 37.3 Å². The van der Waals surface area contributed by atoms with Gasteiger partial charge >= 0.3 is 0 Å². The molecule has 2 aromatic heterocycles. The third kappa shape index (κ3) is 3.79. The number of anilines is 1. The third-order valence-electron chi connectivity index (χ3n) is 5.58. The highest BCUT2D eigenvalue weighted by atomic mass is 19.1. The number of ether oxygens (including phenoxy) is 1. The van der Waals surface area contributed by atoms with Gasteiger partial charge in [0.05, 0.1) is 30.0 Å². The summed E-state index contributed by atoms with van der Waals surface area (Å²) >= 11 is 0. The Morgan fingerprint density at radius 3 is 2.72 bits per heavy atom. The number of fused-ring (bicyclic) bond motifs is 1. The van der Waals surface area contributed by atoms with Gasteiger partial charge in [-0.1, -0.05) is 6.92 Å². The minimum Gasteiger partial charge on any atom is -0.497 e. The summed E-state index contributed by atoms with van der Waals surface area (Å²) in [5.41, 5.74) is 1.03. The zero-order valence-corrected chi connectivity index (χ0v) is 16.6. The smallest absolute Gasteiger partial charge is 0.261 e. The highest BCUT2D eigenvalue weighted by Crippen LogP contribution is 2.25. The number of aryl methyl sites for hydroxylation is 1. The maximum absolute atomic E-state index is 14.5. The molecule has 0 atom stereocenters. The van der Waals surface area contributed by atoms with Crippen LogP contribution in [-0.2, 0) is 13.0 Å². The van der Waals surface area contributed by atoms with Crippen LogP contribution in [0.5, 0.6) is 5.75 Å². The molecule has 1 fully saturated rings. The van der Waals surface area contributed by atoms with Gasteiger partial charge in [-0.15, -0.1) is 0 Å². The van der Waals surface area contributed by atoms with Crippen molar-refractivity contribution in [3.05, 3.63) is 52.7 Å². The molecule has 3 heterocycles. The molecule has 0 unspecified atom stereocenters. The molecule has 3 aromatic rings. The SMILES string of the molecule is CCc1ncnc(N2CCC(Cn3cnc4cc(OC)ccc4c3=O)CC2)c1F. The predicted molar refractivity (Wildman–Crippen MR) is 109 cm³/mol. The van der Waals surface area contributed by atoms with Gasteiger partial charge in [0.15, 0.2) is 11.6 Å². The van der Waals surface area contributed by atoms with Crippen LogP contribution in [-0.4, -0.2) is 39.7 Å². The first-order chi connectivity index (χ1) is 14.1. The fourth-order valence-electron chi connectivity index (χ4n) is 3.86. The van der Waals surface area contributed by atoms with Gasteiger partial charge in [-0.3, -0.25) is 9.36 Å². The van der Waals surface area contributed by atoms with Crippen LogP contribution in [0.3, 0.4) is 0 Å². The molecular weight excluding hydrogens is 373 g/mol. The van der Waals surface area contributed by atoms with Crippen LogP contribution in [0.15, 0.2) is 35.6 Å². The van der Waals surface area contributed by atoms with E-state index in [1.54, 1.807) is 36.2 Å². The normalized spacial score (nSPS) is 15.1. The number of benzene rings is 1. The van der Waals surface area contributed by atoms with Crippen molar-refractivity contribution in [2.75, 3.05) is 25.1 Å². The second-order valence-electron chi connectivity index (χ2n) is 7.33. The van der Waals surface area contributed by atoms with Crippen LogP contribution < -0.4 is 15.2 Å². The zero-order valence-electron chi connectivity index (χ0n) is 16.6. The van der Waals surface area contributed by atoms with E-state index >= 15 is 0 Å². The molecule has 0 radical (unpaired) electrons. The van der Waals surface area contributed by atoms with Crippen molar-refractivity contribution >= 4 is 16.7 Å². The lowest BCUT2D eigenvalue weighted by Gasteiger charge is -2.33. The number of piperidine rings is 1. The van der Waals surface area contributed by atoms with E-state index in [1.807, 2.05) is 11.8 Å². The summed E-state index contributed by atoms with van der Waals surface area (Å²) in [7, 11) is 1.59. The van der Waals surface area contributed by atoms with E-state index in [4.69, 9.17) is 4.74 Å². The maximum Gasteiger partial charge on any atom is 0.261 e. The largest absolute Gasteiger partial charge is 0.497 e. The molecule has 0 bridgehead atoms. The Kier molecular flexibility index (Phi) is 5.42. The molecule has 0 N–H and O–H groups in total. The molecule has 152 valence electrons. The van der Waals surface area contributed by atoms with Crippen molar-refractivity contribution in [3.8, 4) is 5.75 Å². The first-order valence-electron chi connectivity index (χ1n) is 9.88. The number of hydrogen-bond acceptors (Lipinski definition) is 6. The summed E-state index contributed by atoms with van der Waals surface area (Å²) in [6.45, 7) is 3.89. The first-order valence-corrected chi connectivity index (χ1v) is 9.88. The van der Waals surface area contributed by atoms with E-state index < -0.39 is 0 Å². The van der Waals surface area contributed by atoms with Crippen LogP contribution in [0.4, 0.5) is 10.2 Å². The molecule has 4 rings (SSSR count). The highest BCUT2D eigenvalue weighted by molar-refractivity contribution is 5.78. The molecule has 7 nitrogen and oxygen atoms in total. The van der Waals surface area contributed by atoms with Crippen molar-refractivity contribution in [3.63, 3.8) is 0 Å². The summed E-state index contributed by atoms with van der Waals surface area (Å²) in [6.07, 6.45) is 5.30. The fourth-order valence-corrected chi connectivity index (χ4v) is 3.86. The topological polar surface area (TPSA) is 73.1 Å². The molecule has 0 saturated carbocycles. The first kappa shape index (κ1) is 19.3. The van der Waals surface area contributed by atoms with Gasteiger partial charge in [-0.25, -0.2) is 19.3 Å². The molecule has 1 saturated heterocycles. The minimum absolute atomic E-state index is 0.0467. The van der Waals surface area contributed by atoms with Gasteiger partial charge in [0.25, 0.3) is 5.56 Å². The lowest BCUT2D eigenvalue weighted by molar-refractivity contribution is 0.349. The molecule has 0 spiro atoms. The fraction of sp³-hybridized carbons (Fsp3) is 0.429. The van der Waals surface area contributed by atoms with Gasteiger partial charge in [0.2, 0.25) is 0 Å². The average Bonchev–Trinajstić information content (AvgIpc) is 2.76. The zero-order chi connectivity index (χ0) is 20.4. The van der Waals surface area contributed by atoms with Gasteiger partial charge in [0, 0.05) is 25.7 Å². The Labute approximate surface area is 168 Å². The van der Waals surface area contributed by atoms with E-state index in [-0.39, 0.29) is 11.4 Å². The van der Waals surface area contributed by atoms with E-state index in [0.29, 0.717) is 60.1 Å². The Balaban J connectivity index is 1.46. The molecule has 8 heteroatoms. The molecule has 1 aliphatic heterocycles. The number of hydrogen-bond donors (Lipinski definition) is 0. The van der Waals surface area contributed by atoms with Crippen LogP contribution in [0.25, 0.3) is 10.9 Å². The van der Waals surface area contributed by atoms with E-state index in [0.717, 1.165) is 12.8 Å². The third-order valence-corrected chi connectivity index (χ3v) is 5.58. The second-order valence-corrected chi connectivity index (χ2v) is 7.33. The summed E-state index contributed by atoms with van der Waals surface area (Å²) in [6, 6.07) is 5.29. The summed E-state index contributed by atoms with van der Waals surface area (Å²) in [4.78, 5) is 27.3. The Morgan fingerprint density at radius 1 is 1.21 bits per heavy atom. The van der Waals surface area contributed by atoms with Crippen molar-refractivity contribution in [1.29, 1.82) is 0 Å². The Hall–Kier alpha value is -3.03. The van der Waals surface area contributed by atoms with Crippen LogP contribution >= 0.6 is 0 Å². The number of methoxy groups -OCH3 is 1. The van der Waals surface area contributed by atoms with Crippen LogP contribution in [0.2, 0.25) is 0 Å². The van der Waals surface area contributed by atoms with Crippen molar-refractivity contribution in [2.24, 2.45) is 5.92 Å². The lowest BCUT2D eigenvalue weighted by Crippen LogP contribution is -2.37. The van der Waals surface area contributed by atoms with Crippen molar-refractivity contribution < 1.29 is 9.13 Å². The summed E-state index contributed by atoms with van der Waals surface area (Å²) in [5, 5.41) is 0.584.